The van der Waals surface area contributed by atoms with Gasteiger partial charge in [0.15, 0.2) is 0 Å². The Morgan fingerprint density at radius 1 is 1.31 bits per heavy atom. The van der Waals surface area contributed by atoms with Crippen LogP contribution in [0.3, 0.4) is 0 Å². The molecule has 1 aromatic carbocycles. The average molecular weight is 179 g/mol. The van der Waals surface area contributed by atoms with Gasteiger partial charge < -0.3 is 4.74 Å². The Labute approximate surface area is 77.7 Å². The first-order valence-corrected chi connectivity index (χ1v) is 4.45. The monoisotopic (exact) mass is 179 g/mol. The molecule has 0 saturated carbocycles. The van der Waals surface area contributed by atoms with Crippen LogP contribution in [0.1, 0.15) is 25.5 Å². The van der Waals surface area contributed by atoms with Gasteiger partial charge in [-0.3, -0.25) is 0 Å². The molecule has 0 bridgehead atoms. The highest BCUT2D eigenvalue weighted by molar-refractivity contribution is 5.39. The Balaban J connectivity index is 0.000000396. The number of hydrogen-bond donors (Lipinski definition) is 0. The molecule has 0 spiro atoms. The zero-order chi connectivity index (χ0) is 9.68. The van der Waals surface area contributed by atoms with E-state index < -0.39 is 0 Å². The SMILES string of the molecule is CC.O=Nc1ccc(C2CO2)cc1. The molecule has 70 valence electrons. The van der Waals surface area contributed by atoms with Crippen molar-refractivity contribution in [1.82, 2.24) is 0 Å². The molecule has 0 aliphatic carbocycles. The molecule has 1 atom stereocenters. The normalized spacial score (nSPS) is 18.5. The molecule has 13 heavy (non-hydrogen) atoms. The summed E-state index contributed by atoms with van der Waals surface area (Å²) in [6.45, 7) is 4.80. The standard InChI is InChI=1S/C8H7NO2.C2H6/c10-9-7-3-1-6(2-4-7)8-5-11-8;1-2/h1-4,8H,5H2;1-2H3. The van der Waals surface area contributed by atoms with Crippen molar-refractivity contribution in [2.45, 2.75) is 20.0 Å². The number of benzene rings is 1. The maximum absolute atomic E-state index is 10.0. The molecule has 1 unspecified atom stereocenters. The fourth-order valence-electron chi connectivity index (χ4n) is 0.990. The second kappa shape index (κ2) is 4.72. The topological polar surface area (TPSA) is 42.0 Å². The van der Waals surface area contributed by atoms with Crippen molar-refractivity contribution in [2.24, 2.45) is 5.18 Å². The van der Waals surface area contributed by atoms with E-state index in [1.807, 2.05) is 26.0 Å². The summed E-state index contributed by atoms with van der Waals surface area (Å²) < 4.78 is 5.06. The van der Waals surface area contributed by atoms with Gasteiger partial charge >= 0.3 is 0 Å². The van der Waals surface area contributed by atoms with Crippen LogP contribution in [0.2, 0.25) is 0 Å². The fourth-order valence-corrected chi connectivity index (χ4v) is 0.990. The first kappa shape index (κ1) is 9.86. The first-order valence-electron chi connectivity index (χ1n) is 4.45. The lowest BCUT2D eigenvalue weighted by Gasteiger charge is -1.93. The molecular weight excluding hydrogens is 166 g/mol. The lowest BCUT2D eigenvalue weighted by molar-refractivity contribution is 0.415. The molecule has 1 aliphatic heterocycles. The molecule has 2 rings (SSSR count). The van der Waals surface area contributed by atoms with Gasteiger partial charge in [-0.05, 0) is 22.9 Å². The van der Waals surface area contributed by atoms with Crippen LogP contribution in [0.15, 0.2) is 29.4 Å². The van der Waals surface area contributed by atoms with E-state index in [4.69, 9.17) is 4.74 Å². The Kier molecular flexibility index (Phi) is 3.58. The zero-order valence-electron chi connectivity index (χ0n) is 7.86. The number of rotatable bonds is 2. The van der Waals surface area contributed by atoms with Gasteiger partial charge in [-0.1, -0.05) is 26.0 Å². The summed E-state index contributed by atoms with van der Waals surface area (Å²) in [5.74, 6) is 0. The van der Waals surface area contributed by atoms with Gasteiger partial charge in [0, 0.05) is 0 Å². The van der Waals surface area contributed by atoms with Crippen molar-refractivity contribution >= 4 is 5.69 Å². The lowest BCUT2D eigenvalue weighted by Crippen LogP contribution is -1.76. The predicted molar refractivity (Wildman–Crippen MR) is 51.9 cm³/mol. The first-order chi connectivity index (χ1) is 6.40. The summed E-state index contributed by atoms with van der Waals surface area (Å²) in [4.78, 5) is 10.0. The number of nitrogens with zero attached hydrogens (tertiary/aromatic N) is 1. The van der Waals surface area contributed by atoms with E-state index in [0.29, 0.717) is 5.69 Å². The third kappa shape index (κ3) is 2.63. The van der Waals surface area contributed by atoms with Crippen molar-refractivity contribution in [3.8, 4) is 0 Å². The third-order valence-corrected chi connectivity index (χ3v) is 1.70. The van der Waals surface area contributed by atoms with E-state index in [1.165, 1.54) is 0 Å². The van der Waals surface area contributed by atoms with Crippen LogP contribution in [0.25, 0.3) is 0 Å². The van der Waals surface area contributed by atoms with Gasteiger partial charge in [-0.25, -0.2) is 0 Å². The molecule has 3 nitrogen and oxygen atoms in total. The highest BCUT2D eigenvalue weighted by atomic mass is 16.6. The lowest BCUT2D eigenvalue weighted by atomic mass is 10.1. The van der Waals surface area contributed by atoms with Crippen LogP contribution in [0.4, 0.5) is 5.69 Å². The smallest absolute Gasteiger partial charge is 0.108 e. The molecular formula is C10H13NO2. The minimum atomic E-state index is 0.260. The van der Waals surface area contributed by atoms with Crippen molar-refractivity contribution in [3.05, 3.63) is 34.7 Å². The minimum absolute atomic E-state index is 0.260. The van der Waals surface area contributed by atoms with Crippen LogP contribution >= 0.6 is 0 Å². The second-order valence-electron chi connectivity index (χ2n) is 2.50. The van der Waals surface area contributed by atoms with Crippen LogP contribution in [-0.2, 0) is 4.74 Å². The molecule has 0 N–H and O–H groups in total. The number of epoxide rings is 1. The van der Waals surface area contributed by atoms with Gasteiger partial charge in [0.05, 0.1) is 6.61 Å². The van der Waals surface area contributed by atoms with Gasteiger partial charge in [0.1, 0.15) is 11.8 Å². The fraction of sp³-hybridized carbons (Fsp3) is 0.400. The summed E-state index contributed by atoms with van der Waals surface area (Å²) in [5.41, 5.74) is 1.59. The summed E-state index contributed by atoms with van der Waals surface area (Å²) in [6.07, 6.45) is 0.260. The Bertz CT molecular complexity index is 265. The summed E-state index contributed by atoms with van der Waals surface area (Å²) in [5, 5.41) is 2.80. The quantitative estimate of drug-likeness (QED) is 0.516. The van der Waals surface area contributed by atoms with Crippen LogP contribution in [-0.4, -0.2) is 6.61 Å². The van der Waals surface area contributed by atoms with Crippen molar-refractivity contribution in [1.29, 1.82) is 0 Å². The van der Waals surface area contributed by atoms with Gasteiger partial charge in [0.25, 0.3) is 0 Å². The van der Waals surface area contributed by atoms with E-state index in [1.54, 1.807) is 12.1 Å². The van der Waals surface area contributed by atoms with E-state index in [0.717, 1.165) is 12.2 Å². The molecule has 1 saturated heterocycles. The van der Waals surface area contributed by atoms with Crippen LogP contribution < -0.4 is 0 Å². The highest BCUT2D eigenvalue weighted by Gasteiger charge is 2.24. The number of hydrogen-bond acceptors (Lipinski definition) is 3. The maximum Gasteiger partial charge on any atom is 0.108 e. The van der Waals surface area contributed by atoms with Crippen molar-refractivity contribution in [2.75, 3.05) is 6.61 Å². The molecule has 0 aromatic heterocycles. The average Bonchev–Trinajstić information content (AvgIpc) is 3.05. The molecule has 1 aliphatic rings. The third-order valence-electron chi connectivity index (χ3n) is 1.70. The second-order valence-corrected chi connectivity index (χ2v) is 2.50. The van der Waals surface area contributed by atoms with Gasteiger partial charge in [-0.15, -0.1) is 4.91 Å². The number of ether oxygens (including phenoxy) is 1. The van der Waals surface area contributed by atoms with E-state index >= 15 is 0 Å². The largest absolute Gasteiger partial charge is 0.368 e. The van der Waals surface area contributed by atoms with Crippen LogP contribution in [0.5, 0.6) is 0 Å². The van der Waals surface area contributed by atoms with Crippen molar-refractivity contribution in [3.63, 3.8) is 0 Å². The Hall–Kier alpha value is -1.22. The molecule has 3 heteroatoms. The van der Waals surface area contributed by atoms with E-state index in [9.17, 15) is 4.91 Å². The van der Waals surface area contributed by atoms with E-state index in [-0.39, 0.29) is 6.10 Å². The number of nitroso groups, excluding NO2 is 1. The molecule has 0 radical (unpaired) electrons. The van der Waals surface area contributed by atoms with E-state index in [2.05, 4.69) is 5.18 Å². The predicted octanol–water partition coefficient (Wildman–Crippen LogP) is 3.18. The highest BCUT2D eigenvalue weighted by Crippen LogP contribution is 2.30. The van der Waals surface area contributed by atoms with Crippen LogP contribution in [0, 0.1) is 4.91 Å². The summed E-state index contributed by atoms with van der Waals surface area (Å²) >= 11 is 0. The van der Waals surface area contributed by atoms with Gasteiger partial charge in [-0.2, -0.15) is 0 Å². The molecule has 1 heterocycles. The molecule has 1 aromatic rings. The summed E-state index contributed by atoms with van der Waals surface area (Å²) in [7, 11) is 0. The maximum atomic E-state index is 10.0. The molecule has 0 amide bonds. The Morgan fingerprint density at radius 2 is 1.85 bits per heavy atom. The van der Waals surface area contributed by atoms with Crippen molar-refractivity contribution < 1.29 is 4.74 Å². The zero-order valence-corrected chi connectivity index (χ0v) is 7.86. The van der Waals surface area contributed by atoms with Gasteiger partial charge in [0.2, 0.25) is 0 Å². The Morgan fingerprint density at radius 3 is 2.23 bits per heavy atom. The summed E-state index contributed by atoms with van der Waals surface area (Å²) in [6, 6.07) is 7.14. The minimum Gasteiger partial charge on any atom is -0.368 e. The molecule has 1 fully saturated rings.